The number of nitrogens with one attached hydrogen (secondary N) is 1. The van der Waals surface area contributed by atoms with E-state index in [2.05, 4.69) is 20.6 Å². The Hall–Kier alpha value is -3.22. The third-order valence-corrected chi connectivity index (χ3v) is 3.62. The predicted molar refractivity (Wildman–Crippen MR) is 94.0 cm³/mol. The second-order valence-electron chi connectivity index (χ2n) is 5.40. The second kappa shape index (κ2) is 7.57. The molecule has 3 aromatic rings. The monoisotopic (exact) mass is 337 g/mol. The highest BCUT2D eigenvalue weighted by Gasteiger charge is 2.09. The second-order valence-corrected chi connectivity index (χ2v) is 5.40. The SMILES string of the molecule is CCOc1ccc2nnc(CNC(=O)C=Cc3ccccc3C)n2n1. The van der Waals surface area contributed by atoms with E-state index in [9.17, 15) is 4.79 Å². The summed E-state index contributed by atoms with van der Waals surface area (Å²) in [5, 5.41) is 15.2. The van der Waals surface area contributed by atoms with Crippen LogP contribution in [0, 0.1) is 6.92 Å². The summed E-state index contributed by atoms with van der Waals surface area (Å²) < 4.78 is 6.94. The van der Waals surface area contributed by atoms with Crippen LogP contribution in [0.5, 0.6) is 5.88 Å². The first-order valence-corrected chi connectivity index (χ1v) is 8.03. The normalized spacial score (nSPS) is 11.1. The van der Waals surface area contributed by atoms with Crippen molar-refractivity contribution in [3.8, 4) is 5.88 Å². The Bertz CT molecular complexity index is 917. The predicted octanol–water partition coefficient (Wildman–Crippen LogP) is 2.16. The molecule has 0 aliphatic heterocycles. The molecular weight excluding hydrogens is 318 g/mol. The van der Waals surface area contributed by atoms with Gasteiger partial charge in [0, 0.05) is 12.1 Å². The number of benzene rings is 1. The molecule has 2 heterocycles. The fourth-order valence-corrected chi connectivity index (χ4v) is 2.32. The lowest BCUT2D eigenvalue weighted by Gasteiger charge is -2.04. The summed E-state index contributed by atoms with van der Waals surface area (Å²) in [6, 6.07) is 11.4. The van der Waals surface area contributed by atoms with E-state index < -0.39 is 0 Å². The van der Waals surface area contributed by atoms with Crippen molar-refractivity contribution >= 4 is 17.6 Å². The molecule has 7 heteroatoms. The Labute approximate surface area is 145 Å². The first-order chi connectivity index (χ1) is 12.2. The molecule has 0 aliphatic rings. The molecule has 0 radical (unpaired) electrons. The van der Waals surface area contributed by atoms with Crippen molar-refractivity contribution in [2.24, 2.45) is 0 Å². The first kappa shape index (κ1) is 16.6. The van der Waals surface area contributed by atoms with Crippen molar-refractivity contribution in [2.45, 2.75) is 20.4 Å². The number of hydrogen-bond donors (Lipinski definition) is 1. The largest absolute Gasteiger partial charge is 0.477 e. The quantitative estimate of drug-likeness (QED) is 0.697. The van der Waals surface area contributed by atoms with Gasteiger partial charge in [0.15, 0.2) is 11.5 Å². The highest BCUT2D eigenvalue weighted by atomic mass is 16.5. The topological polar surface area (TPSA) is 81.4 Å². The maximum absolute atomic E-state index is 12.0. The highest BCUT2D eigenvalue weighted by Crippen LogP contribution is 2.10. The van der Waals surface area contributed by atoms with Crippen LogP contribution in [0.25, 0.3) is 11.7 Å². The van der Waals surface area contributed by atoms with Crippen LogP contribution in [-0.4, -0.2) is 32.3 Å². The van der Waals surface area contributed by atoms with E-state index in [1.807, 2.05) is 38.1 Å². The molecule has 3 rings (SSSR count). The minimum absolute atomic E-state index is 0.207. The van der Waals surface area contributed by atoms with Crippen LogP contribution in [-0.2, 0) is 11.3 Å². The molecule has 7 nitrogen and oxygen atoms in total. The van der Waals surface area contributed by atoms with Gasteiger partial charge in [0.25, 0.3) is 0 Å². The molecule has 0 saturated carbocycles. The lowest BCUT2D eigenvalue weighted by molar-refractivity contribution is -0.116. The fraction of sp³-hybridized carbons (Fsp3) is 0.222. The number of amides is 1. The first-order valence-electron chi connectivity index (χ1n) is 8.03. The van der Waals surface area contributed by atoms with Crippen LogP contribution in [0.1, 0.15) is 23.9 Å². The van der Waals surface area contributed by atoms with E-state index in [1.165, 1.54) is 6.08 Å². The molecule has 0 saturated heterocycles. The van der Waals surface area contributed by atoms with Gasteiger partial charge in [-0.1, -0.05) is 24.3 Å². The number of aromatic nitrogens is 4. The zero-order valence-corrected chi connectivity index (χ0v) is 14.1. The van der Waals surface area contributed by atoms with E-state index >= 15 is 0 Å². The molecule has 25 heavy (non-hydrogen) atoms. The minimum atomic E-state index is -0.207. The van der Waals surface area contributed by atoms with Crippen molar-refractivity contribution in [3.05, 3.63) is 59.4 Å². The molecule has 0 fully saturated rings. The van der Waals surface area contributed by atoms with Gasteiger partial charge in [-0.05, 0) is 37.1 Å². The maximum atomic E-state index is 12.0. The molecular formula is C18H19N5O2. The number of hydrogen-bond acceptors (Lipinski definition) is 5. The Kier molecular flexibility index (Phi) is 5.03. The van der Waals surface area contributed by atoms with E-state index in [-0.39, 0.29) is 12.5 Å². The van der Waals surface area contributed by atoms with Gasteiger partial charge < -0.3 is 10.1 Å². The number of ether oxygens (including phenoxy) is 1. The lowest BCUT2D eigenvalue weighted by Crippen LogP contribution is -2.22. The molecule has 0 bridgehead atoms. The van der Waals surface area contributed by atoms with Crippen molar-refractivity contribution in [1.29, 1.82) is 0 Å². The van der Waals surface area contributed by atoms with Gasteiger partial charge in [-0.15, -0.1) is 15.3 Å². The third-order valence-electron chi connectivity index (χ3n) is 3.62. The smallest absolute Gasteiger partial charge is 0.244 e. The summed E-state index contributed by atoms with van der Waals surface area (Å²) in [5.74, 6) is 0.817. The van der Waals surface area contributed by atoms with Gasteiger partial charge in [-0.2, -0.15) is 4.52 Å². The van der Waals surface area contributed by atoms with Gasteiger partial charge in [-0.3, -0.25) is 4.79 Å². The Morgan fingerprint density at radius 2 is 2.08 bits per heavy atom. The van der Waals surface area contributed by atoms with Gasteiger partial charge in [0.05, 0.1) is 13.2 Å². The standard InChI is InChI=1S/C18H19N5O2/c1-3-25-18-11-9-15-20-21-16(23(15)22-18)12-19-17(24)10-8-14-7-5-4-6-13(14)2/h4-11H,3,12H2,1-2H3,(H,19,24). The third kappa shape index (κ3) is 4.00. The van der Waals surface area contributed by atoms with Crippen molar-refractivity contribution < 1.29 is 9.53 Å². The summed E-state index contributed by atoms with van der Waals surface area (Å²) in [6.45, 7) is 4.64. The van der Waals surface area contributed by atoms with Crippen molar-refractivity contribution in [3.63, 3.8) is 0 Å². The number of carbonyl (C=O) groups is 1. The summed E-state index contributed by atoms with van der Waals surface area (Å²) in [7, 11) is 0. The Balaban J connectivity index is 1.67. The van der Waals surface area contributed by atoms with Crippen LogP contribution in [0.4, 0.5) is 0 Å². The lowest BCUT2D eigenvalue weighted by atomic mass is 10.1. The minimum Gasteiger partial charge on any atom is -0.477 e. The van der Waals surface area contributed by atoms with E-state index in [0.717, 1.165) is 11.1 Å². The van der Waals surface area contributed by atoms with E-state index in [0.29, 0.717) is 24.0 Å². The molecule has 0 spiro atoms. The Morgan fingerprint density at radius 1 is 1.24 bits per heavy atom. The molecule has 2 aromatic heterocycles. The molecule has 0 aliphatic carbocycles. The van der Waals surface area contributed by atoms with Gasteiger partial charge >= 0.3 is 0 Å². The molecule has 1 amide bonds. The van der Waals surface area contributed by atoms with Crippen LogP contribution in [0.15, 0.2) is 42.5 Å². The van der Waals surface area contributed by atoms with Crippen molar-refractivity contribution in [1.82, 2.24) is 25.1 Å². The summed E-state index contributed by atoms with van der Waals surface area (Å²) in [6.07, 6.45) is 3.29. The van der Waals surface area contributed by atoms with Gasteiger partial charge in [0.1, 0.15) is 0 Å². The maximum Gasteiger partial charge on any atom is 0.244 e. The fourth-order valence-electron chi connectivity index (χ4n) is 2.32. The molecule has 1 N–H and O–H groups in total. The van der Waals surface area contributed by atoms with Gasteiger partial charge in [-0.25, -0.2) is 0 Å². The molecule has 1 aromatic carbocycles. The molecule has 128 valence electrons. The Morgan fingerprint density at radius 3 is 2.88 bits per heavy atom. The average Bonchev–Trinajstić information content (AvgIpc) is 3.02. The number of rotatable bonds is 6. The summed E-state index contributed by atoms with van der Waals surface area (Å²) >= 11 is 0. The van der Waals surface area contributed by atoms with Crippen LogP contribution in [0.2, 0.25) is 0 Å². The molecule has 0 atom stereocenters. The van der Waals surface area contributed by atoms with Crippen LogP contribution < -0.4 is 10.1 Å². The van der Waals surface area contributed by atoms with Crippen molar-refractivity contribution in [2.75, 3.05) is 6.61 Å². The zero-order valence-electron chi connectivity index (χ0n) is 14.1. The molecule has 0 unspecified atom stereocenters. The van der Waals surface area contributed by atoms with E-state index in [1.54, 1.807) is 22.7 Å². The number of aryl methyl sites for hydroxylation is 1. The number of carbonyl (C=O) groups excluding carboxylic acids is 1. The summed E-state index contributed by atoms with van der Waals surface area (Å²) in [4.78, 5) is 12.0. The van der Waals surface area contributed by atoms with Crippen LogP contribution >= 0.6 is 0 Å². The van der Waals surface area contributed by atoms with Crippen LogP contribution in [0.3, 0.4) is 0 Å². The van der Waals surface area contributed by atoms with E-state index in [4.69, 9.17) is 4.74 Å². The summed E-state index contributed by atoms with van der Waals surface area (Å²) in [5.41, 5.74) is 2.72. The van der Waals surface area contributed by atoms with Gasteiger partial charge in [0.2, 0.25) is 11.8 Å². The highest BCUT2D eigenvalue weighted by molar-refractivity contribution is 5.91. The average molecular weight is 337 g/mol. The number of nitrogens with zero attached hydrogens (tertiary/aromatic N) is 4. The number of fused-ring (bicyclic) bond motifs is 1. The zero-order chi connectivity index (χ0) is 17.6.